The van der Waals surface area contributed by atoms with Crippen LogP contribution in [0.5, 0.6) is 5.75 Å². The molecular formula is C22H28FNO3. The molecule has 0 fully saturated rings. The van der Waals surface area contributed by atoms with Crippen molar-refractivity contribution in [2.45, 2.75) is 51.9 Å². The summed E-state index contributed by atoms with van der Waals surface area (Å²) < 4.78 is 25.0. The van der Waals surface area contributed by atoms with Gasteiger partial charge in [-0.2, -0.15) is 0 Å². The lowest BCUT2D eigenvalue weighted by Crippen LogP contribution is -2.43. The Morgan fingerprint density at radius 1 is 1.07 bits per heavy atom. The molecule has 4 nitrogen and oxygen atoms in total. The van der Waals surface area contributed by atoms with E-state index in [4.69, 9.17) is 15.2 Å². The Hall–Kier alpha value is -2.40. The van der Waals surface area contributed by atoms with Crippen LogP contribution in [0.15, 0.2) is 54.6 Å². The molecule has 0 aliphatic rings. The van der Waals surface area contributed by atoms with Crippen molar-refractivity contribution in [1.82, 2.24) is 0 Å². The minimum atomic E-state index is -0.693. The van der Waals surface area contributed by atoms with E-state index in [1.54, 1.807) is 19.1 Å². The van der Waals surface area contributed by atoms with Crippen molar-refractivity contribution in [3.8, 4) is 5.75 Å². The molecular weight excluding hydrogens is 345 g/mol. The van der Waals surface area contributed by atoms with Crippen LogP contribution in [0.3, 0.4) is 0 Å². The summed E-state index contributed by atoms with van der Waals surface area (Å²) >= 11 is 0. The summed E-state index contributed by atoms with van der Waals surface area (Å²) in [5.74, 6) is 0.0687. The van der Waals surface area contributed by atoms with Crippen molar-refractivity contribution in [3.05, 3.63) is 66.0 Å². The first kappa shape index (κ1) is 20.9. The second-order valence-electron chi connectivity index (χ2n) is 6.83. The Morgan fingerprint density at radius 2 is 1.70 bits per heavy atom. The highest BCUT2D eigenvalue weighted by Gasteiger charge is 2.31. The van der Waals surface area contributed by atoms with Gasteiger partial charge in [0.25, 0.3) is 0 Å². The standard InChI is InChI=1S/C22H28FNO3/c1-4-18(14-17-10-12-19(23)13-11-17)21(16(3)26-22(25)15(2)24)27-20-8-6-5-7-9-20/h5-13,15-16,18,21H,4,14,24H2,1-3H3/t15-,16-,18+,21-/m0/s1. The van der Waals surface area contributed by atoms with E-state index in [9.17, 15) is 9.18 Å². The van der Waals surface area contributed by atoms with Gasteiger partial charge in [0.15, 0.2) is 0 Å². The summed E-state index contributed by atoms with van der Waals surface area (Å²) in [6.45, 7) is 5.48. The van der Waals surface area contributed by atoms with E-state index in [0.29, 0.717) is 12.2 Å². The molecule has 0 unspecified atom stereocenters. The zero-order valence-corrected chi connectivity index (χ0v) is 16.1. The van der Waals surface area contributed by atoms with Gasteiger partial charge in [0.05, 0.1) is 0 Å². The van der Waals surface area contributed by atoms with Gasteiger partial charge in [-0.3, -0.25) is 4.79 Å². The van der Waals surface area contributed by atoms with Crippen molar-refractivity contribution >= 4 is 5.97 Å². The molecule has 0 amide bonds. The number of benzene rings is 2. The molecule has 0 aromatic heterocycles. The average molecular weight is 373 g/mol. The lowest BCUT2D eigenvalue weighted by Gasteiger charge is -2.32. The molecule has 0 saturated carbocycles. The molecule has 0 aliphatic carbocycles. The minimum absolute atomic E-state index is 0.0755. The molecule has 2 N–H and O–H groups in total. The molecule has 2 rings (SSSR count). The Morgan fingerprint density at radius 3 is 2.26 bits per heavy atom. The molecule has 0 bridgehead atoms. The molecule has 5 heteroatoms. The summed E-state index contributed by atoms with van der Waals surface area (Å²) in [6, 6.07) is 15.2. The summed E-state index contributed by atoms with van der Waals surface area (Å²) in [4.78, 5) is 12.0. The van der Waals surface area contributed by atoms with Crippen molar-refractivity contribution in [2.24, 2.45) is 11.7 Å². The van der Waals surface area contributed by atoms with Gasteiger partial charge in [-0.1, -0.05) is 37.3 Å². The second kappa shape index (κ2) is 10.1. The van der Waals surface area contributed by atoms with Crippen molar-refractivity contribution in [2.75, 3.05) is 0 Å². The van der Waals surface area contributed by atoms with E-state index in [0.717, 1.165) is 12.0 Å². The van der Waals surface area contributed by atoms with Crippen molar-refractivity contribution in [3.63, 3.8) is 0 Å². The number of esters is 1. The van der Waals surface area contributed by atoms with Crippen LogP contribution in [0, 0.1) is 11.7 Å². The highest BCUT2D eigenvalue weighted by molar-refractivity contribution is 5.75. The zero-order valence-electron chi connectivity index (χ0n) is 16.1. The predicted molar refractivity (Wildman–Crippen MR) is 104 cm³/mol. The number of para-hydroxylation sites is 1. The van der Waals surface area contributed by atoms with Crippen molar-refractivity contribution < 1.29 is 18.7 Å². The summed E-state index contributed by atoms with van der Waals surface area (Å²) in [6.07, 6.45) is 0.669. The van der Waals surface area contributed by atoms with Crippen LogP contribution in [0.4, 0.5) is 4.39 Å². The fourth-order valence-electron chi connectivity index (χ4n) is 3.01. The van der Waals surface area contributed by atoms with E-state index in [1.165, 1.54) is 12.1 Å². The number of hydrogen-bond donors (Lipinski definition) is 1. The first-order valence-electron chi connectivity index (χ1n) is 9.33. The third-order valence-electron chi connectivity index (χ3n) is 4.55. The maximum Gasteiger partial charge on any atom is 0.323 e. The third-order valence-corrected chi connectivity index (χ3v) is 4.55. The monoisotopic (exact) mass is 373 g/mol. The van der Waals surface area contributed by atoms with E-state index in [2.05, 4.69) is 6.92 Å². The Bertz CT molecular complexity index is 703. The predicted octanol–water partition coefficient (Wildman–Crippen LogP) is 4.12. The molecule has 0 radical (unpaired) electrons. The molecule has 146 valence electrons. The molecule has 4 atom stereocenters. The largest absolute Gasteiger partial charge is 0.486 e. The summed E-state index contributed by atoms with van der Waals surface area (Å²) in [5.41, 5.74) is 6.64. The van der Waals surface area contributed by atoms with E-state index < -0.39 is 18.1 Å². The maximum absolute atomic E-state index is 13.2. The van der Waals surface area contributed by atoms with Crippen LogP contribution in [0.25, 0.3) is 0 Å². The fraction of sp³-hybridized carbons (Fsp3) is 0.409. The van der Waals surface area contributed by atoms with Crippen molar-refractivity contribution in [1.29, 1.82) is 0 Å². The van der Waals surface area contributed by atoms with Gasteiger partial charge < -0.3 is 15.2 Å². The summed E-state index contributed by atoms with van der Waals surface area (Å²) in [5, 5.41) is 0. The van der Waals surface area contributed by atoms with Gasteiger partial charge >= 0.3 is 5.97 Å². The zero-order chi connectivity index (χ0) is 19.8. The number of carbonyl (C=O) groups is 1. The fourth-order valence-corrected chi connectivity index (χ4v) is 3.01. The molecule has 2 aromatic carbocycles. The number of hydrogen-bond acceptors (Lipinski definition) is 4. The Balaban J connectivity index is 2.21. The van der Waals surface area contributed by atoms with Crippen LogP contribution in [0.1, 0.15) is 32.8 Å². The maximum atomic E-state index is 13.2. The first-order valence-corrected chi connectivity index (χ1v) is 9.33. The molecule has 2 aromatic rings. The average Bonchev–Trinajstić information content (AvgIpc) is 2.66. The SMILES string of the molecule is CC[C@H](Cc1ccc(F)cc1)[C@@H](Oc1ccccc1)[C@H](C)OC(=O)[C@H](C)N. The lowest BCUT2D eigenvalue weighted by molar-refractivity contribution is -0.155. The first-order chi connectivity index (χ1) is 12.9. The highest BCUT2D eigenvalue weighted by Crippen LogP contribution is 2.25. The number of nitrogens with two attached hydrogens (primary N) is 1. The third kappa shape index (κ3) is 6.36. The number of carbonyl (C=O) groups excluding carboxylic acids is 1. The molecule has 0 spiro atoms. The Labute approximate surface area is 160 Å². The smallest absolute Gasteiger partial charge is 0.323 e. The highest BCUT2D eigenvalue weighted by atomic mass is 19.1. The van der Waals surface area contributed by atoms with E-state index in [1.807, 2.05) is 37.3 Å². The number of halogens is 1. The van der Waals surface area contributed by atoms with Gasteiger partial charge in [-0.15, -0.1) is 0 Å². The van der Waals surface area contributed by atoms with Gasteiger partial charge in [0.1, 0.15) is 29.8 Å². The molecule has 0 aliphatic heterocycles. The molecule has 27 heavy (non-hydrogen) atoms. The Kier molecular flexibility index (Phi) is 7.80. The minimum Gasteiger partial charge on any atom is -0.486 e. The molecule has 0 saturated heterocycles. The normalized spacial score (nSPS) is 15.4. The van der Waals surface area contributed by atoms with Gasteiger partial charge in [0.2, 0.25) is 0 Å². The second-order valence-corrected chi connectivity index (χ2v) is 6.83. The lowest BCUT2D eigenvalue weighted by atomic mass is 9.89. The van der Waals surface area contributed by atoms with Crippen LogP contribution < -0.4 is 10.5 Å². The van der Waals surface area contributed by atoms with Crippen LogP contribution >= 0.6 is 0 Å². The van der Waals surface area contributed by atoms with Gasteiger partial charge in [-0.25, -0.2) is 4.39 Å². The van der Waals surface area contributed by atoms with Gasteiger partial charge in [-0.05, 0) is 56.5 Å². The van der Waals surface area contributed by atoms with Gasteiger partial charge in [0, 0.05) is 5.92 Å². The number of rotatable bonds is 9. The molecule has 0 heterocycles. The number of ether oxygens (including phenoxy) is 2. The summed E-state index contributed by atoms with van der Waals surface area (Å²) in [7, 11) is 0. The van der Waals surface area contributed by atoms with Crippen LogP contribution in [-0.4, -0.2) is 24.2 Å². The van der Waals surface area contributed by atoms with Crippen LogP contribution in [-0.2, 0) is 16.0 Å². The van der Waals surface area contributed by atoms with E-state index >= 15 is 0 Å². The van der Waals surface area contributed by atoms with E-state index in [-0.39, 0.29) is 17.8 Å². The topological polar surface area (TPSA) is 61.5 Å². The van der Waals surface area contributed by atoms with Crippen LogP contribution in [0.2, 0.25) is 0 Å². The quantitative estimate of drug-likeness (QED) is 0.672.